The average Bonchev–Trinajstić information content (AvgIpc) is 2.97. The molecule has 6 heteroatoms. The molecule has 1 saturated heterocycles. The van der Waals surface area contributed by atoms with Gasteiger partial charge in [0.1, 0.15) is 17.4 Å². The zero-order chi connectivity index (χ0) is 20.7. The summed E-state index contributed by atoms with van der Waals surface area (Å²) in [5.41, 5.74) is 4.81. The van der Waals surface area contributed by atoms with E-state index in [1.807, 2.05) is 46.8 Å². The highest BCUT2D eigenvalue weighted by Crippen LogP contribution is 2.33. The van der Waals surface area contributed by atoms with Gasteiger partial charge in [0.15, 0.2) is 0 Å². The van der Waals surface area contributed by atoms with Crippen LogP contribution in [-0.2, 0) is 4.79 Å². The van der Waals surface area contributed by atoms with E-state index in [9.17, 15) is 4.79 Å². The van der Waals surface area contributed by atoms with Gasteiger partial charge in [-0.25, -0.2) is 4.98 Å². The normalized spacial score (nSPS) is 17.0. The Labute approximate surface area is 171 Å². The fourth-order valence-corrected chi connectivity index (χ4v) is 4.05. The van der Waals surface area contributed by atoms with Gasteiger partial charge >= 0.3 is 0 Å². The molecule has 0 aliphatic carbocycles. The van der Waals surface area contributed by atoms with Crippen molar-refractivity contribution in [1.29, 1.82) is 0 Å². The molecule has 6 nitrogen and oxygen atoms in total. The number of anilines is 2. The number of piperidine rings is 1. The van der Waals surface area contributed by atoms with Gasteiger partial charge in [-0.1, -0.05) is 12.1 Å². The summed E-state index contributed by atoms with van der Waals surface area (Å²) in [6, 6.07) is 6.14. The summed E-state index contributed by atoms with van der Waals surface area (Å²) in [4.78, 5) is 24.4. The van der Waals surface area contributed by atoms with Crippen LogP contribution >= 0.6 is 0 Å². The second kappa shape index (κ2) is 7.50. The van der Waals surface area contributed by atoms with Gasteiger partial charge in [0, 0.05) is 24.3 Å². The fraction of sp³-hybridized carbons (Fsp3) is 0.435. The summed E-state index contributed by atoms with van der Waals surface area (Å²) < 4.78 is 5.83. The molecular formula is C23H28N4O2. The van der Waals surface area contributed by atoms with E-state index in [4.69, 9.17) is 9.40 Å². The molecule has 0 radical (unpaired) electrons. The van der Waals surface area contributed by atoms with Crippen molar-refractivity contribution in [2.75, 3.05) is 23.3 Å². The fourth-order valence-electron chi connectivity index (χ4n) is 4.05. The Morgan fingerprint density at radius 2 is 1.97 bits per heavy atom. The minimum Gasteiger partial charge on any atom is -0.443 e. The van der Waals surface area contributed by atoms with E-state index in [1.165, 1.54) is 0 Å². The zero-order valence-electron chi connectivity index (χ0n) is 17.8. The number of rotatable bonds is 3. The molecule has 0 saturated carbocycles. The molecule has 1 atom stereocenters. The molecule has 0 bridgehead atoms. The highest BCUT2D eigenvalue weighted by atomic mass is 16.3. The van der Waals surface area contributed by atoms with E-state index >= 15 is 0 Å². The van der Waals surface area contributed by atoms with Crippen molar-refractivity contribution in [2.24, 2.45) is 5.92 Å². The van der Waals surface area contributed by atoms with Crippen molar-refractivity contribution in [1.82, 2.24) is 9.97 Å². The molecule has 1 aromatic carbocycles. The first kappa shape index (κ1) is 19.4. The topological polar surface area (TPSA) is 71.3 Å². The van der Waals surface area contributed by atoms with Crippen LogP contribution in [0.4, 0.5) is 11.5 Å². The van der Waals surface area contributed by atoms with Crippen LogP contribution in [0.25, 0.3) is 11.1 Å². The summed E-state index contributed by atoms with van der Waals surface area (Å²) in [6.45, 7) is 11.5. The van der Waals surface area contributed by atoms with Crippen LogP contribution in [-0.4, -0.2) is 29.0 Å². The van der Waals surface area contributed by atoms with Crippen molar-refractivity contribution < 1.29 is 9.21 Å². The Morgan fingerprint density at radius 3 is 2.76 bits per heavy atom. The third-order valence-electron chi connectivity index (χ3n) is 5.86. The Hall–Kier alpha value is -2.89. The maximum Gasteiger partial charge on any atom is 0.231 e. The lowest BCUT2D eigenvalue weighted by molar-refractivity contribution is -0.120. The first-order chi connectivity index (χ1) is 13.8. The van der Waals surface area contributed by atoms with Gasteiger partial charge in [-0.15, -0.1) is 0 Å². The molecule has 3 heterocycles. The van der Waals surface area contributed by atoms with Crippen molar-refractivity contribution in [3.63, 3.8) is 0 Å². The number of hydrogen-bond acceptors (Lipinski definition) is 5. The van der Waals surface area contributed by atoms with Crippen LogP contribution in [0, 0.1) is 40.5 Å². The van der Waals surface area contributed by atoms with E-state index in [-0.39, 0.29) is 11.8 Å². The first-order valence-corrected chi connectivity index (χ1v) is 10.2. The molecule has 1 aliphatic rings. The molecular weight excluding hydrogens is 364 g/mol. The van der Waals surface area contributed by atoms with Gasteiger partial charge in [-0.05, 0) is 64.7 Å². The van der Waals surface area contributed by atoms with Crippen molar-refractivity contribution in [3.05, 3.63) is 46.5 Å². The molecule has 4 rings (SSSR count). The lowest BCUT2D eigenvalue weighted by Crippen LogP contribution is -2.41. The number of hydrogen-bond donors (Lipinski definition) is 1. The molecule has 29 heavy (non-hydrogen) atoms. The minimum atomic E-state index is -0.0812. The number of carbonyl (C=O) groups is 1. The quantitative estimate of drug-likeness (QED) is 0.704. The van der Waals surface area contributed by atoms with Gasteiger partial charge in [0.25, 0.3) is 0 Å². The van der Waals surface area contributed by atoms with Crippen LogP contribution in [0.3, 0.4) is 0 Å². The predicted molar refractivity (Wildman–Crippen MR) is 115 cm³/mol. The maximum atomic E-state index is 13.0. The number of nitrogens with one attached hydrogen (secondary N) is 1. The van der Waals surface area contributed by atoms with Gasteiger partial charge in [0.2, 0.25) is 11.6 Å². The Bertz CT molecular complexity index is 1090. The van der Waals surface area contributed by atoms with E-state index in [2.05, 4.69) is 21.3 Å². The predicted octanol–water partition coefficient (Wildman–Crippen LogP) is 4.62. The Morgan fingerprint density at radius 1 is 1.17 bits per heavy atom. The number of aryl methyl sites for hydroxylation is 5. The SMILES string of the molecule is Cc1ccc(C)c(NC(=O)C2CCCN(c3nc(C)nc4oc(C)c(C)c34)C2)c1. The van der Waals surface area contributed by atoms with Gasteiger partial charge in [-0.3, -0.25) is 4.79 Å². The first-order valence-electron chi connectivity index (χ1n) is 10.2. The standard InChI is InChI=1S/C23H28N4O2/c1-13-8-9-14(2)19(11-13)26-22(28)18-7-6-10-27(12-18)21-20-15(3)16(4)29-23(20)25-17(5)24-21/h8-9,11,18H,6-7,10,12H2,1-5H3,(H,26,28). The lowest BCUT2D eigenvalue weighted by Gasteiger charge is -2.33. The third-order valence-corrected chi connectivity index (χ3v) is 5.86. The van der Waals surface area contributed by atoms with Crippen molar-refractivity contribution >= 4 is 28.5 Å². The number of furan rings is 1. The smallest absolute Gasteiger partial charge is 0.231 e. The summed E-state index contributed by atoms with van der Waals surface area (Å²) >= 11 is 0. The lowest BCUT2D eigenvalue weighted by atomic mass is 9.96. The number of amides is 1. The average molecular weight is 393 g/mol. The van der Waals surface area contributed by atoms with Gasteiger partial charge in [0.05, 0.1) is 11.3 Å². The molecule has 0 spiro atoms. The highest BCUT2D eigenvalue weighted by Gasteiger charge is 2.29. The second-order valence-electron chi connectivity index (χ2n) is 8.15. The Kier molecular flexibility index (Phi) is 5.03. The van der Waals surface area contributed by atoms with E-state index in [1.54, 1.807) is 0 Å². The summed E-state index contributed by atoms with van der Waals surface area (Å²) in [5, 5.41) is 4.10. The molecule has 1 aliphatic heterocycles. The molecule has 1 N–H and O–H groups in total. The largest absolute Gasteiger partial charge is 0.443 e. The number of benzene rings is 1. The van der Waals surface area contributed by atoms with Crippen LogP contribution < -0.4 is 10.2 Å². The number of carbonyl (C=O) groups excluding carboxylic acids is 1. The highest BCUT2D eigenvalue weighted by molar-refractivity contribution is 5.95. The Balaban J connectivity index is 1.60. The van der Waals surface area contributed by atoms with Crippen molar-refractivity contribution in [3.8, 4) is 0 Å². The van der Waals surface area contributed by atoms with Crippen LogP contribution in [0.15, 0.2) is 22.6 Å². The summed E-state index contributed by atoms with van der Waals surface area (Å²) in [5.74, 6) is 2.42. The number of aromatic nitrogens is 2. The summed E-state index contributed by atoms with van der Waals surface area (Å²) in [7, 11) is 0. The molecule has 152 valence electrons. The molecule has 2 aromatic heterocycles. The summed E-state index contributed by atoms with van der Waals surface area (Å²) in [6.07, 6.45) is 1.83. The second-order valence-corrected chi connectivity index (χ2v) is 8.15. The van der Waals surface area contributed by atoms with Gasteiger partial charge in [-0.2, -0.15) is 4.98 Å². The van der Waals surface area contributed by atoms with Gasteiger partial charge < -0.3 is 14.6 Å². The van der Waals surface area contributed by atoms with Crippen molar-refractivity contribution in [2.45, 2.75) is 47.5 Å². The van der Waals surface area contributed by atoms with Crippen LogP contribution in [0.5, 0.6) is 0 Å². The van der Waals surface area contributed by atoms with Crippen LogP contribution in [0.2, 0.25) is 0 Å². The number of fused-ring (bicyclic) bond motifs is 1. The van der Waals surface area contributed by atoms with Crippen LogP contribution in [0.1, 0.15) is 41.1 Å². The maximum absolute atomic E-state index is 13.0. The third kappa shape index (κ3) is 3.71. The zero-order valence-corrected chi connectivity index (χ0v) is 17.8. The molecule has 1 fully saturated rings. The number of nitrogens with zero attached hydrogens (tertiary/aromatic N) is 3. The molecule has 3 aromatic rings. The van der Waals surface area contributed by atoms with E-state index in [0.717, 1.165) is 58.7 Å². The molecule has 1 unspecified atom stereocenters. The molecule has 1 amide bonds. The van der Waals surface area contributed by atoms with E-state index in [0.29, 0.717) is 18.1 Å². The minimum absolute atomic E-state index is 0.0746. The van der Waals surface area contributed by atoms with E-state index < -0.39 is 0 Å². The monoisotopic (exact) mass is 392 g/mol.